The second-order valence-corrected chi connectivity index (χ2v) is 2.99. The van der Waals surface area contributed by atoms with Crippen LogP contribution in [0.1, 0.15) is 10.9 Å². The van der Waals surface area contributed by atoms with Crippen molar-refractivity contribution in [1.82, 2.24) is 0 Å². The normalized spacial score (nSPS) is 12.3. The van der Waals surface area contributed by atoms with Gasteiger partial charge in [0.25, 0.3) is 0 Å². The molecular weight excluding hydrogens is 214 g/mol. The summed E-state index contributed by atoms with van der Waals surface area (Å²) < 4.78 is 30.1. The molecule has 0 aromatic heterocycles. The highest BCUT2D eigenvalue weighted by atomic mass is 35.5. The van der Waals surface area contributed by atoms with Crippen LogP contribution in [0.3, 0.4) is 0 Å². The number of benzene rings is 1. The predicted molar refractivity (Wildman–Crippen MR) is 47.0 cm³/mol. The smallest absolute Gasteiger partial charge is 0.328 e. The van der Waals surface area contributed by atoms with E-state index in [2.05, 4.69) is 4.74 Å². The summed E-state index contributed by atoms with van der Waals surface area (Å²) in [7, 11) is 1.12. The summed E-state index contributed by atoms with van der Waals surface area (Å²) >= 11 is 5.55. The zero-order valence-corrected chi connectivity index (χ0v) is 8.02. The molecule has 1 atom stereocenters. The van der Waals surface area contributed by atoms with E-state index >= 15 is 0 Å². The Labute approximate surface area is 84.4 Å². The first-order chi connectivity index (χ1) is 6.56. The van der Waals surface area contributed by atoms with Gasteiger partial charge in [0.05, 0.1) is 7.11 Å². The van der Waals surface area contributed by atoms with Crippen LogP contribution in [0.4, 0.5) is 8.78 Å². The average molecular weight is 221 g/mol. The first-order valence-electron chi connectivity index (χ1n) is 3.73. The van der Waals surface area contributed by atoms with E-state index in [9.17, 15) is 13.6 Å². The highest BCUT2D eigenvalue weighted by Gasteiger charge is 2.22. The minimum Gasteiger partial charge on any atom is -0.468 e. The molecule has 0 spiro atoms. The fourth-order valence-electron chi connectivity index (χ4n) is 0.939. The quantitative estimate of drug-likeness (QED) is 0.565. The van der Waals surface area contributed by atoms with Gasteiger partial charge in [-0.15, -0.1) is 11.6 Å². The van der Waals surface area contributed by atoms with Gasteiger partial charge in [-0.25, -0.2) is 8.78 Å². The number of methoxy groups -OCH3 is 1. The molecule has 0 saturated heterocycles. The van der Waals surface area contributed by atoms with Crippen molar-refractivity contribution in [2.75, 3.05) is 7.11 Å². The number of carbonyl (C=O) groups excluding carboxylic acids is 1. The van der Waals surface area contributed by atoms with E-state index in [1.54, 1.807) is 0 Å². The number of hydrogen-bond donors (Lipinski definition) is 0. The summed E-state index contributed by atoms with van der Waals surface area (Å²) in [5.74, 6) is -2.22. The summed E-state index contributed by atoms with van der Waals surface area (Å²) in [6.45, 7) is 0. The third kappa shape index (κ3) is 2.20. The number of esters is 1. The van der Waals surface area contributed by atoms with Crippen molar-refractivity contribution in [2.24, 2.45) is 0 Å². The summed E-state index contributed by atoms with van der Waals surface area (Å²) in [6, 6.07) is 2.71. The van der Waals surface area contributed by atoms with Crippen molar-refractivity contribution in [1.29, 1.82) is 0 Å². The van der Waals surface area contributed by atoms with Crippen LogP contribution in [0, 0.1) is 11.6 Å². The fraction of sp³-hybridized carbons (Fsp3) is 0.222. The molecule has 2 nitrogen and oxygen atoms in total. The van der Waals surface area contributed by atoms with E-state index in [-0.39, 0.29) is 5.56 Å². The topological polar surface area (TPSA) is 26.3 Å². The van der Waals surface area contributed by atoms with Crippen LogP contribution in [-0.2, 0) is 9.53 Å². The zero-order chi connectivity index (χ0) is 10.7. The Morgan fingerprint density at radius 3 is 2.71 bits per heavy atom. The van der Waals surface area contributed by atoms with E-state index < -0.39 is 23.0 Å². The summed E-state index contributed by atoms with van der Waals surface area (Å²) in [5, 5.41) is -1.32. The third-order valence-electron chi connectivity index (χ3n) is 1.64. The molecule has 76 valence electrons. The number of halogens is 3. The number of ether oxygens (including phenoxy) is 1. The average Bonchev–Trinajstić information content (AvgIpc) is 2.19. The first kappa shape index (κ1) is 10.9. The molecule has 1 aromatic rings. The second kappa shape index (κ2) is 4.37. The summed E-state index contributed by atoms with van der Waals surface area (Å²) in [5.41, 5.74) is -0.224. The van der Waals surface area contributed by atoms with Gasteiger partial charge in [-0.05, 0) is 18.2 Å². The van der Waals surface area contributed by atoms with Gasteiger partial charge < -0.3 is 4.74 Å². The molecule has 0 fully saturated rings. The number of alkyl halides is 1. The van der Waals surface area contributed by atoms with E-state index in [1.807, 2.05) is 0 Å². The zero-order valence-electron chi connectivity index (χ0n) is 7.26. The van der Waals surface area contributed by atoms with Crippen LogP contribution in [0.25, 0.3) is 0 Å². The summed E-state index contributed by atoms with van der Waals surface area (Å²) in [4.78, 5) is 10.9. The van der Waals surface area contributed by atoms with Gasteiger partial charge in [-0.2, -0.15) is 0 Å². The molecule has 0 radical (unpaired) electrons. The standard InChI is InChI=1S/C9H7ClF2O2/c1-14-9(13)8(10)6-4-5(11)2-3-7(6)12/h2-4,8H,1H3. The molecule has 0 saturated carbocycles. The lowest BCUT2D eigenvalue weighted by molar-refractivity contribution is -0.140. The molecule has 0 amide bonds. The molecular formula is C9H7ClF2O2. The first-order valence-corrected chi connectivity index (χ1v) is 4.16. The highest BCUT2D eigenvalue weighted by molar-refractivity contribution is 6.29. The van der Waals surface area contributed by atoms with Crippen LogP contribution >= 0.6 is 11.6 Å². The van der Waals surface area contributed by atoms with Gasteiger partial charge in [0.2, 0.25) is 0 Å². The third-order valence-corrected chi connectivity index (χ3v) is 2.05. The van der Waals surface area contributed by atoms with Gasteiger partial charge >= 0.3 is 5.97 Å². The molecule has 0 N–H and O–H groups in total. The van der Waals surface area contributed by atoms with E-state index in [4.69, 9.17) is 11.6 Å². The van der Waals surface area contributed by atoms with Gasteiger partial charge in [-0.3, -0.25) is 4.79 Å². The SMILES string of the molecule is COC(=O)C(Cl)c1cc(F)ccc1F. The molecule has 14 heavy (non-hydrogen) atoms. The van der Waals surface area contributed by atoms with Crippen LogP contribution in [-0.4, -0.2) is 13.1 Å². The maximum absolute atomic E-state index is 13.1. The van der Waals surface area contributed by atoms with Gasteiger partial charge in [0, 0.05) is 5.56 Å². The minimum atomic E-state index is -1.32. The molecule has 1 unspecified atom stereocenters. The Kier molecular flexibility index (Phi) is 3.41. The Bertz CT molecular complexity index is 355. The van der Waals surface area contributed by atoms with Crippen molar-refractivity contribution in [2.45, 2.75) is 5.38 Å². The van der Waals surface area contributed by atoms with E-state index in [1.165, 1.54) is 0 Å². The van der Waals surface area contributed by atoms with Crippen LogP contribution in [0.15, 0.2) is 18.2 Å². The maximum atomic E-state index is 13.1. The molecule has 1 rings (SSSR count). The lowest BCUT2D eigenvalue weighted by atomic mass is 10.1. The Morgan fingerprint density at radius 1 is 1.50 bits per heavy atom. The second-order valence-electron chi connectivity index (χ2n) is 2.55. The highest BCUT2D eigenvalue weighted by Crippen LogP contribution is 2.25. The molecule has 0 bridgehead atoms. The van der Waals surface area contributed by atoms with Crippen molar-refractivity contribution in [3.8, 4) is 0 Å². The Hall–Kier alpha value is -1.16. The Balaban J connectivity index is 3.05. The molecule has 0 aliphatic carbocycles. The van der Waals surface area contributed by atoms with Crippen molar-refractivity contribution < 1.29 is 18.3 Å². The fourth-order valence-corrected chi connectivity index (χ4v) is 1.20. The lowest BCUT2D eigenvalue weighted by Crippen LogP contribution is -2.10. The van der Waals surface area contributed by atoms with Crippen LogP contribution in [0.2, 0.25) is 0 Å². The molecule has 5 heteroatoms. The summed E-state index contributed by atoms with van der Waals surface area (Å²) in [6.07, 6.45) is 0. The van der Waals surface area contributed by atoms with Gasteiger partial charge in [0.15, 0.2) is 5.38 Å². The maximum Gasteiger partial charge on any atom is 0.328 e. The Morgan fingerprint density at radius 2 is 2.14 bits per heavy atom. The molecule has 0 aliphatic heterocycles. The minimum absolute atomic E-state index is 0.224. The van der Waals surface area contributed by atoms with Crippen molar-refractivity contribution in [3.05, 3.63) is 35.4 Å². The van der Waals surface area contributed by atoms with E-state index in [0.29, 0.717) is 0 Å². The predicted octanol–water partition coefficient (Wildman–Crippen LogP) is 2.42. The number of hydrogen-bond acceptors (Lipinski definition) is 2. The van der Waals surface area contributed by atoms with Gasteiger partial charge in [0.1, 0.15) is 11.6 Å². The largest absolute Gasteiger partial charge is 0.468 e. The molecule has 0 heterocycles. The number of carbonyl (C=O) groups is 1. The molecule has 1 aromatic carbocycles. The molecule has 0 aliphatic rings. The van der Waals surface area contributed by atoms with E-state index in [0.717, 1.165) is 25.3 Å². The lowest BCUT2D eigenvalue weighted by Gasteiger charge is -2.08. The van der Waals surface area contributed by atoms with Crippen molar-refractivity contribution in [3.63, 3.8) is 0 Å². The van der Waals surface area contributed by atoms with Crippen LogP contribution in [0.5, 0.6) is 0 Å². The number of rotatable bonds is 2. The monoisotopic (exact) mass is 220 g/mol. The van der Waals surface area contributed by atoms with Crippen molar-refractivity contribution >= 4 is 17.6 Å². The van der Waals surface area contributed by atoms with Crippen LogP contribution < -0.4 is 0 Å². The van der Waals surface area contributed by atoms with Gasteiger partial charge in [-0.1, -0.05) is 0 Å².